The van der Waals surface area contributed by atoms with E-state index >= 15 is 0 Å². The molecule has 1 amide bonds. The number of hydrogen-bond acceptors (Lipinski definition) is 7. The van der Waals surface area contributed by atoms with Crippen LogP contribution in [0.2, 0.25) is 0 Å². The number of carbonyl (C=O) groups is 1. The Hall–Kier alpha value is -4.41. The van der Waals surface area contributed by atoms with Gasteiger partial charge < -0.3 is 14.5 Å². The van der Waals surface area contributed by atoms with Gasteiger partial charge in [-0.25, -0.2) is 9.37 Å². The third kappa shape index (κ3) is 5.53. The SMILES string of the molecule is C=CC(=O)N1CC[C@H](n2cc(-c3nc(-c4cnc5c(c4)CN(C)CC5)c4ccsc4c3-c3ccc(F)cc3OC(C)C)cn2)C1. The molecule has 1 aromatic carbocycles. The minimum Gasteiger partial charge on any atom is -0.490 e. The fourth-order valence-electron chi connectivity index (χ4n) is 6.40. The molecule has 45 heavy (non-hydrogen) atoms. The van der Waals surface area contributed by atoms with Crippen LogP contribution in [-0.4, -0.2) is 68.2 Å². The molecule has 1 fully saturated rings. The summed E-state index contributed by atoms with van der Waals surface area (Å²) in [6, 6.07) is 9.06. The van der Waals surface area contributed by atoms with Crippen LogP contribution in [0, 0.1) is 5.82 Å². The Morgan fingerprint density at radius 1 is 1.16 bits per heavy atom. The van der Waals surface area contributed by atoms with Crippen LogP contribution in [0.25, 0.3) is 43.7 Å². The van der Waals surface area contributed by atoms with Crippen LogP contribution in [0.15, 0.2) is 67.0 Å². The van der Waals surface area contributed by atoms with E-state index < -0.39 is 0 Å². The summed E-state index contributed by atoms with van der Waals surface area (Å²) in [4.78, 5) is 26.6. The molecule has 1 saturated heterocycles. The summed E-state index contributed by atoms with van der Waals surface area (Å²) < 4.78 is 23.7. The van der Waals surface area contributed by atoms with Gasteiger partial charge >= 0.3 is 0 Å². The molecule has 2 aliphatic rings. The fourth-order valence-corrected chi connectivity index (χ4v) is 7.36. The predicted octanol–water partition coefficient (Wildman–Crippen LogP) is 6.76. The van der Waals surface area contributed by atoms with Gasteiger partial charge in [0.2, 0.25) is 5.91 Å². The standard InChI is InChI=1S/C35H35FN6O2S/c1-5-31(43)41-12-8-26(20-41)42-19-24(17-38-42)34-32(27-7-6-25(36)15-30(27)44-21(2)3)35-28(10-13-45-35)33(39-34)22-14-23-18-40(4)11-9-29(23)37-16-22/h5-7,10,13-17,19,21,26H,1,8-9,11-12,18,20H2,2-4H3/t26-/m0/s1. The summed E-state index contributed by atoms with van der Waals surface area (Å²) in [5.74, 6) is 0.0388. The van der Waals surface area contributed by atoms with Crippen LogP contribution in [0.4, 0.5) is 4.39 Å². The molecule has 230 valence electrons. The molecule has 0 saturated carbocycles. The zero-order valence-electron chi connectivity index (χ0n) is 25.7. The second-order valence-electron chi connectivity index (χ2n) is 12.1. The highest BCUT2D eigenvalue weighted by Crippen LogP contribution is 2.46. The topological polar surface area (TPSA) is 76.4 Å². The van der Waals surface area contributed by atoms with E-state index in [1.165, 1.54) is 23.8 Å². The van der Waals surface area contributed by atoms with E-state index in [4.69, 9.17) is 19.8 Å². The molecule has 10 heteroatoms. The molecule has 1 atom stereocenters. The Bertz CT molecular complexity index is 1930. The first-order chi connectivity index (χ1) is 21.8. The van der Waals surface area contributed by atoms with Gasteiger partial charge in [0, 0.05) is 89.1 Å². The molecule has 0 spiro atoms. The number of amides is 1. The average molecular weight is 623 g/mol. The number of likely N-dealkylation sites (tertiary alicyclic amines) is 1. The maximum absolute atomic E-state index is 14.6. The Balaban J connectivity index is 1.42. The average Bonchev–Trinajstić information content (AvgIpc) is 3.81. The molecule has 0 aliphatic carbocycles. The predicted molar refractivity (Wildman–Crippen MR) is 176 cm³/mol. The highest BCUT2D eigenvalue weighted by molar-refractivity contribution is 7.18. The van der Waals surface area contributed by atoms with Crippen LogP contribution >= 0.6 is 11.3 Å². The molecule has 8 nitrogen and oxygen atoms in total. The van der Waals surface area contributed by atoms with Gasteiger partial charge in [-0.05, 0) is 68.6 Å². The molecule has 0 unspecified atom stereocenters. The van der Waals surface area contributed by atoms with Crippen molar-refractivity contribution in [1.29, 1.82) is 0 Å². The van der Waals surface area contributed by atoms with Gasteiger partial charge in [0.25, 0.3) is 0 Å². The quantitative estimate of drug-likeness (QED) is 0.187. The Labute approximate surface area is 265 Å². The number of carbonyl (C=O) groups excluding carboxylic acids is 1. The number of fused-ring (bicyclic) bond motifs is 2. The molecule has 6 heterocycles. The van der Waals surface area contributed by atoms with Crippen LogP contribution < -0.4 is 4.74 Å². The summed E-state index contributed by atoms with van der Waals surface area (Å²) in [6.45, 7) is 10.6. The van der Waals surface area contributed by atoms with Gasteiger partial charge in [-0.2, -0.15) is 5.10 Å². The third-order valence-corrected chi connectivity index (χ3v) is 9.52. The highest BCUT2D eigenvalue weighted by Gasteiger charge is 2.28. The van der Waals surface area contributed by atoms with Gasteiger partial charge in [-0.3, -0.25) is 14.5 Å². The maximum atomic E-state index is 14.6. The molecule has 2 aliphatic heterocycles. The maximum Gasteiger partial charge on any atom is 0.246 e. The van der Waals surface area contributed by atoms with Crippen molar-refractivity contribution in [1.82, 2.24) is 29.5 Å². The molecule has 0 radical (unpaired) electrons. The number of ether oxygens (including phenoxy) is 1. The van der Waals surface area contributed by atoms with Crippen molar-refractivity contribution in [2.24, 2.45) is 0 Å². The van der Waals surface area contributed by atoms with E-state index in [2.05, 4.69) is 36.0 Å². The Morgan fingerprint density at radius 2 is 2.02 bits per heavy atom. The summed E-state index contributed by atoms with van der Waals surface area (Å²) in [6.07, 6.45) is 8.72. The van der Waals surface area contributed by atoms with Gasteiger partial charge in [0.05, 0.1) is 29.7 Å². The second kappa shape index (κ2) is 11.8. The Morgan fingerprint density at radius 3 is 2.84 bits per heavy atom. The van der Waals surface area contributed by atoms with E-state index in [9.17, 15) is 9.18 Å². The van der Waals surface area contributed by atoms with Crippen molar-refractivity contribution >= 4 is 27.3 Å². The third-order valence-electron chi connectivity index (χ3n) is 8.59. The van der Waals surface area contributed by atoms with E-state index in [1.54, 1.807) is 22.3 Å². The lowest BCUT2D eigenvalue weighted by atomic mass is 9.95. The molecule has 0 bridgehead atoms. The lowest BCUT2D eigenvalue weighted by molar-refractivity contribution is -0.125. The van der Waals surface area contributed by atoms with Crippen LogP contribution in [0.5, 0.6) is 5.75 Å². The van der Waals surface area contributed by atoms with Gasteiger partial charge in [-0.1, -0.05) is 6.58 Å². The first-order valence-corrected chi connectivity index (χ1v) is 16.2. The van der Waals surface area contributed by atoms with Crippen molar-refractivity contribution in [3.05, 3.63) is 84.0 Å². The number of pyridine rings is 2. The summed E-state index contributed by atoms with van der Waals surface area (Å²) >= 11 is 1.63. The van der Waals surface area contributed by atoms with E-state index in [-0.39, 0.29) is 23.9 Å². The number of aromatic nitrogens is 4. The molecule has 7 rings (SSSR count). The summed E-state index contributed by atoms with van der Waals surface area (Å²) in [5.41, 5.74) is 7.37. The number of halogens is 1. The highest BCUT2D eigenvalue weighted by atomic mass is 32.1. The second-order valence-corrected chi connectivity index (χ2v) is 13.0. The number of likely N-dealkylation sites (N-methyl/N-ethyl adjacent to an activating group) is 1. The van der Waals surface area contributed by atoms with E-state index in [0.717, 1.165) is 75.4 Å². The molecule has 5 aromatic rings. The normalized spacial score (nSPS) is 16.8. The largest absolute Gasteiger partial charge is 0.490 e. The minimum atomic E-state index is -0.360. The van der Waals surface area contributed by atoms with Crippen LogP contribution in [0.3, 0.4) is 0 Å². The zero-order valence-corrected chi connectivity index (χ0v) is 26.5. The molecular weight excluding hydrogens is 587 g/mol. The number of thiophene rings is 1. The summed E-state index contributed by atoms with van der Waals surface area (Å²) in [5, 5.41) is 7.83. The van der Waals surface area contributed by atoms with Gasteiger partial charge in [0.1, 0.15) is 11.6 Å². The van der Waals surface area contributed by atoms with Crippen molar-refractivity contribution in [2.45, 2.75) is 45.4 Å². The van der Waals surface area contributed by atoms with E-state index in [1.807, 2.05) is 37.1 Å². The van der Waals surface area contributed by atoms with Crippen molar-refractivity contribution in [2.75, 3.05) is 26.7 Å². The van der Waals surface area contributed by atoms with Crippen LogP contribution in [-0.2, 0) is 17.8 Å². The summed E-state index contributed by atoms with van der Waals surface area (Å²) in [7, 11) is 2.13. The van der Waals surface area contributed by atoms with E-state index in [0.29, 0.717) is 18.8 Å². The molecule has 0 N–H and O–H groups in total. The number of nitrogens with zero attached hydrogens (tertiary/aromatic N) is 6. The van der Waals surface area contributed by atoms with Crippen molar-refractivity contribution in [3.8, 4) is 39.4 Å². The van der Waals surface area contributed by atoms with Crippen molar-refractivity contribution in [3.63, 3.8) is 0 Å². The lowest BCUT2D eigenvalue weighted by Crippen LogP contribution is -2.27. The lowest BCUT2D eigenvalue weighted by Gasteiger charge is -2.24. The number of hydrogen-bond donors (Lipinski definition) is 0. The molecule has 4 aromatic heterocycles. The minimum absolute atomic E-state index is 0.0449. The van der Waals surface area contributed by atoms with Gasteiger partial charge in [0.15, 0.2) is 0 Å². The smallest absolute Gasteiger partial charge is 0.246 e. The zero-order chi connectivity index (χ0) is 31.2. The first kappa shape index (κ1) is 29.3. The molecular formula is C35H35FN6O2S. The first-order valence-electron chi connectivity index (χ1n) is 15.3. The van der Waals surface area contributed by atoms with Gasteiger partial charge in [-0.15, -0.1) is 11.3 Å². The van der Waals surface area contributed by atoms with Crippen LogP contribution in [0.1, 0.15) is 37.6 Å². The number of rotatable bonds is 7. The Kier molecular flexibility index (Phi) is 7.71. The monoisotopic (exact) mass is 622 g/mol. The fraction of sp³-hybridized carbons (Fsp3) is 0.314. The van der Waals surface area contributed by atoms with Crippen molar-refractivity contribution < 1.29 is 13.9 Å². The number of benzene rings is 1.